The molecule has 5 nitrogen and oxygen atoms in total. The van der Waals surface area contributed by atoms with Crippen LogP contribution in [0.4, 0.5) is 17.5 Å². The maximum atomic E-state index is 9.21. The van der Waals surface area contributed by atoms with Crippen molar-refractivity contribution in [3.63, 3.8) is 0 Å². The highest BCUT2D eigenvalue weighted by Crippen LogP contribution is 2.22. The van der Waals surface area contributed by atoms with E-state index in [2.05, 4.69) is 26.3 Å². The number of para-hydroxylation sites is 1. The van der Waals surface area contributed by atoms with E-state index < -0.39 is 0 Å². The van der Waals surface area contributed by atoms with Crippen LogP contribution in [0.2, 0.25) is 0 Å². The van der Waals surface area contributed by atoms with Crippen molar-refractivity contribution in [3.8, 4) is 6.07 Å². The van der Waals surface area contributed by atoms with Gasteiger partial charge in [-0.25, -0.2) is 4.98 Å². The minimum Gasteiger partial charge on any atom is -0.341 e. The summed E-state index contributed by atoms with van der Waals surface area (Å²) in [4.78, 5) is 11.5. The lowest BCUT2D eigenvalue weighted by Gasteiger charge is -2.21. The summed E-state index contributed by atoms with van der Waals surface area (Å²) in [5, 5.41) is 12.5. The summed E-state index contributed by atoms with van der Waals surface area (Å²) in [5.41, 5.74) is 2.31. The fourth-order valence-electron chi connectivity index (χ4n) is 2.86. The average Bonchev–Trinajstić information content (AvgIpc) is 2.84. The number of hydrogen-bond donors (Lipinski definition) is 1. The Morgan fingerprint density at radius 2 is 1.83 bits per heavy atom. The molecule has 1 aromatic carbocycles. The first kappa shape index (κ1) is 15.3. The van der Waals surface area contributed by atoms with E-state index in [1.807, 2.05) is 31.2 Å². The van der Waals surface area contributed by atoms with Crippen LogP contribution < -0.4 is 10.2 Å². The predicted octanol–water partition coefficient (Wildman–Crippen LogP) is 3.78. The van der Waals surface area contributed by atoms with Gasteiger partial charge in [0.05, 0.1) is 11.3 Å². The van der Waals surface area contributed by atoms with Crippen LogP contribution in [0.1, 0.15) is 36.9 Å². The van der Waals surface area contributed by atoms with Gasteiger partial charge in [-0.3, -0.25) is 0 Å². The standard InChI is InChI=1S/C18H21N5/c1-14-12-17(21-16-9-5-4-8-15(16)13-19)22-18(20-14)23-10-6-2-3-7-11-23/h4-5,8-9,12H,2-3,6-7,10-11H2,1H3,(H,20,21,22). The highest BCUT2D eigenvalue weighted by atomic mass is 15.3. The minimum atomic E-state index is 0.611. The number of rotatable bonds is 3. The second kappa shape index (κ2) is 7.10. The SMILES string of the molecule is Cc1cc(Nc2ccccc2C#N)nc(N2CCCCCC2)n1. The quantitative estimate of drug-likeness (QED) is 0.934. The van der Waals surface area contributed by atoms with Gasteiger partial charge in [-0.2, -0.15) is 10.2 Å². The number of anilines is 3. The molecule has 118 valence electrons. The molecule has 0 radical (unpaired) electrons. The van der Waals surface area contributed by atoms with Crippen molar-refractivity contribution in [2.24, 2.45) is 0 Å². The number of aromatic nitrogens is 2. The number of nitrogens with one attached hydrogen (secondary N) is 1. The van der Waals surface area contributed by atoms with Crippen molar-refractivity contribution in [1.29, 1.82) is 5.26 Å². The Morgan fingerprint density at radius 3 is 2.57 bits per heavy atom. The Bertz CT molecular complexity index is 712. The third kappa shape index (κ3) is 3.78. The lowest BCUT2D eigenvalue weighted by molar-refractivity contribution is 0.726. The molecule has 5 heteroatoms. The van der Waals surface area contributed by atoms with Crippen molar-refractivity contribution in [2.45, 2.75) is 32.6 Å². The summed E-state index contributed by atoms with van der Waals surface area (Å²) in [6.45, 7) is 4.00. The van der Waals surface area contributed by atoms with Gasteiger partial charge in [0.25, 0.3) is 0 Å². The van der Waals surface area contributed by atoms with E-state index in [4.69, 9.17) is 0 Å². The Morgan fingerprint density at radius 1 is 1.09 bits per heavy atom. The molecule has 1 aliphatic rings. The summed E-state index contributed by atoms with van der Waals surface area (Å²) in [6, 6.07) is 11.6. The van der Waals surface area contributed by atoms with E-state index >= 15 is 0 Å². The number of benzene rings is 1. The minimum absolute atomic E-state index is 0.611. The third-order valence-corrected chi connectivity index (χ3v) is 4.04. The highest BCUT2D eigenvalue weighted by molar-refractivity contribution is 5.65. The Kier molecular flexibility index (Phi) is 4.72. The zero-order chi connectivity index (χ0) is 16.1. The van der Waals surface area contributed by atoms with Crippen LogP contribution >= 0.6 is 0 Å². The van der Waals surface area contributed by atoms with Crippen molar-refractivity contribution in [3.05, 3.63) is 41.6 Å². The van der Waals surface area contributed by atoms with E-state index in [0.717, 1.165) is 36.2 Å². The van der Waals surface area contributed by atoms with Gasteiger partial charge in [0.1, 0.15) is 11.9 Å². The fourth-order valence-corrected chi connectivity index (χ4v) is 2.86. The van der Waals surface area contributed by atoms with Crippen molar-refractivity contribution < 1.29 is 0 Å². The van der Waals surface area contributed by atoms with Crippen LogP contribution in [0, 0.1) is 18.3 Å². The second-order valence-electron chi connectivity index (χ2n) is 5.88. The molecule has 23 heavy (non-hydrogen) atoms. The molecular weight excluding hydrogens is 286 g/mol. The smallest absolute Gasteiger partial charge is 0.227 e. The molecule has 1 fully saturated rings. The van der Waals surface area contributed by atoms with Gasteiger partial charge in [0.2, 0.25) is 5.95 Å². The highest BCUT2D eigenvalue weighted by Gasteiger charge is 2.14. The molecule has 1 saturated heterocycles. The lowest BCUT2D eigenvalue weighted by Crippen LogP contribution is -2.26. The van der Waals surface area contributed by atoms with Crippen LogP contribution in [0.25, 0.3) is 0 Å². The summed E-state index contributed by atoms with van der Waals surface area (Å²) in [6.07, 6.45) is 4.95. The van der Waals surface area contributed by atoms with Gasteiger partial charge in [-0.1, -0.05) is 25.0 Å². The molecular formula is C18H21N5. The normalized spacial score (nSPS) is 14.9. The van der Waals surface area contributed by atoms with Crippen LogP contribution in [0.3, 0.4) is 0 Å². The van der Waals surface area contributed by atoms with Crippen LogP contribution in [-0.4, -0.2) is 23.1 Å². The molecule has 1 aromatic heterocycles. The van der Waals surface area contributed by atoms with E-state index in [1.54, 1.807) is 6.07 Å². The molecule has 1 N–H and O–H groups in total. The monoisotopic (exact) mass is 307 g/mol. The van der Waals surface area contributed by atoms with Crippen LogP contribution in [0.15, 0.2) is 30.3 Å². The summed E-state index contributed by atoms with van der Waals surface area (Å²) >= 11 is 0. The van der Waals surface area contributed by atoms with E-state index in [1.165, 1.54) is 25.7 Å². The third-order valence-electron chi connectivity index (χ3n) is 4.04. The van der Waals surface area contributed by atoms with E-state index in [0.29, 0.717) is 5.56 Å². The van der Waals surface area contributed by atoms with Crippen LogP contribution in [0.5, 0.6) is 0 Å². The molecule has 0 saturated carbocycles. The first-order valence-corrected chi connectivity index (χ1v) is 8.13. The van der Waals surface area contributed by atoms with E-state index in [-0.39, 0.29) is 0 Å². The summed E-state index contributed by atoms with van der Waals surface area (Å²) in [7, 11) is 0. The van der Waals surface area contributed by atoms with Gasteiger partial charge >= 0.3 is 0 Å². The molecule has 0 amide bonds. The zero-order valence-corrected chi connectivity index (χ0v) is 13.4. The molecule has 0 aliphatic carbocycles. The Labute approximate surface area is 137 Å². The van der Waals surface area contributed by atoms with E-state index in [9.17, 15) is 5.26 Å². The number of hydrogen-bond acceptors (Lipinski definition) is 5. The average molecular weight is 307 g/mol. The molecule has 2 aromatic rings. The molecule has 0 bridgehead atoms. The van der Waals surface area contributed by atoms with Gasteiger partial charge < -0.3 is 10.2 Å². The lowest BCUT2D eigenvalue weighted by atomic mass is 10.2. The van der Waals surface area contributed by atoms with Gasteiger partial charge in [-0.15, -0.1) is 0 Å². The molecule has 0 spiro atoms. The molecule has 2 heterocycles. The summed E-state index contributed by atoms with van der Waals surface area (Å²) < 4.78 is 0. The molecule has 0 atom stereocenters. The number of nitrogens with zero attached hydrogens (tertiary/aromatic N) is 4. The van der Waals surface area contributed by atoms with Gasteiger partial charge in [-0.05, 0) is 31.9 Å². The van der Waals surface area contributed by atoms with Crippen LogP contribution in [-0.2, 0) is 0 Å². The molecule has 1 aliphatic heterocycles. The Balaban J connectivity index is 1.87. The number of aryl methyl sites for hydroxylation is 1. The van der Waals surface area contributed by atoms with Gasteiger partial charge in [0.15, 0.2) is 0 Å². The summed E-state index contributed by atoms with van der Waals surface area (Å²) in [5.74, 6) is 1.52. The fraction of sp³-hybridized carbons (Fsp3) is 0.389. The maximum Gasteiger partial charge on any atom is 0.227 e. The Hall–Kier alpha value is -2.61. The first-order chi connectivity index (χ1) is 11.3. The van der Waals surface area contributed by atoms with Crippen molar-refractivity contribution in [2.75, 3.05) is 23.3 Å². The van der Waals surface area contributed by atoms with Crippen molar-refractivity contribution >= 4 is 17.5 Å². The van der Waals surface area contributed by atoms with Crippen molar-refractivity contribution in [1.82, 2.24) is 9.97 Å². The molecule has 0 unspecified atom stereocenters. The zero-order valence-electron chi connectivity index (χ0n) is 13.4. The number of nitriles is 1. The second-order valence-corrected chi connectivity index (χ2v) is 5.88. The molecule has 3 rings (SSSR count). The maximum absolute atomic E-state index is 9.21. The largest absolute Gasteiger partial charge is 0.341 e. The predicted molar refractivity (Wildman–Crippen MR) is 91.9 cm³/mol. The topological polar surface area (TPSA) is 64.8 Å². The first-order valence-electron chi connectivity index (χ1n) is 8.13. The van der Waals surface area contributed by atoms with Gasteiger partial charge in [0, 0.05) is 24.8 Å².